The molecular weight excluding hydrogens is 272 g/mol. The predicted octanol–water partition coefficient (Wildman–Crippen LogP) is 2.59. The molecule has 21 heavy (non-hydrogen) atoms. The topological polar surface area (TPSA) is 68.9 Å². The highest BCUT2D eigenvalue weighted by molar-refractivity contribution is 5.90. The van der Waals surface area contributed by atoms with E-state index in [2.05, 4.69) is 0 Å². The molecule has 1 aromatic carbocycles. The largest absolute Gasteiger partial charge is 0.496 e. The third-order valence-corrected chi connectivity index (χ3v) is 2.96. The van der Waals surface area contributed by atoms with E-state index >= 15 is 0 Å². The summed E-state index contributed by atoms with van der Waals surface area (Å²) in [7, 11) is 3.05. The van der Waals surface area contributed by atoms with Gasteiger partial charge in [0, 0.05) is 12.1 Å². The number of methoxy groups -OCH3 is 2. The molecular formula is C16H18O5. The lowest BCUT2D eigenvalue weighted by Gasteiger charge is -2.15. The van der Waals surface area contributed by atoms with Crippen molar-refractivity contribution >= 4 is 17.0 Å². The monoisotopic (exact) mass is 290 g/mol. The maximum Gasteiger partial charge on any atom is 0.336 e. The average molecular weight is 290 g/mol. The quantitative estimate of drug-likeness (QED) is 0.876. The Hall–Kier alpha value is -2.27. The fraction of sp³-hybridized carbons (Fsp3) is 0.312. The first-order chi connectivity index (χ1) is 9.85. The zero-order valence-corrected chi connectivity index (χ0v) is 12.5. The van der Waals surface area contributed by atoms with Gasteiger partial charge < -0.3 is 19.0 Å². The van der Waals surface area contributed by atoms with Gasteiger partial charge in [0.05, 0.1) is 30.8 Å². The molecule has 5 nitrogen and oxygen atoms in total. The number of hydrogen-bond donors (Lipinski definition) is 1. The number of rotatable bonds is 4. The van der Waals surface area contributed by atoms with Crippen molar-refractivity contribution in [1.82, 2.24) is 0 Å². The summed E-state index contributed by atoms with van der Waals surface area (Å²) in [5.74, 6) is 1.02. The van der Waals surface area contributed by atoms with Gasteiger partial charge in [-0.15, -0.1) is 0 Å². The van der Waals surface area contributed by atoms with Crippen LogP contribution in [0.3, 0.4) is 0 Å². The summed E-state index contributed by atoms with van der Waals surface area (Å²) in [4.78, 5) is 11.3. The van der Waals surface area contributed by atoms with Crippen LogP contribution in [0.1, 0.15) is 19.4 Å². The van der Waals surface area contributed by atoms with Crippen molar-refractivity contribution in [3.8, 4) is 11.5 Å². The summed E-state index contributed by atoms with van der Waals surface area (Å²) in [6.07, 6.45) is 3.36. The second-order valence-electron chi connectivity index (χ2n) is 5.18. The molecule has 2 rings (SSSR count). The summed E-state index contributed by atoms with van der Waals surface area (Å²) in [5.41, 5.74) is -0.347. The van der Waals surface area contributed by atoms with E-state index in [4.69, 9.17) is 13.9 Å². The molecule has 112 valence electrons. The van der Waals surface area contributed by atoms with Crippen LogP contribution in [0.5, 0.6) is 11.5 Å². The van der Waals surface area contributed by atoms with Gasteiger partial charge in [0.2, 0.25) is 0 Å². The van der Waals surface area contributed by atoms with E-state index in [0.717, 1.165) is 0 Å². The third-order valence-electron chi connectivity index (χ3n) is 2.96. The maximum absolute atomic E-state index is 11.3. The molecule has 0 aliphatic heterocycles. The van der Waals surface area contributed by atoms with Crippen LogP contribution in [0.2, 0.25) is 0 Å². The summed E-state index contributed by atoms with van der Waals surface area (Å²) in [6, 6.07) is 4.60. The molecule has 0 bridgehead atoms. The molecule has 0 radical (unpaired) electrons. The Morgan fingerprint density at radius 2 is 1.95 bits per heavy atom. The second kappa shape index (κ2) is 5.61. The molecule has 1 aromatic heterocycles. The lowest BCUT2D eigenvalue weighted by molar-refractivity contribution is 0.134. The van der Waals surface area contributed by atoms with Gasteiger partial charge in [0.15, 0.2) is 0 Å². The molecule has 5 heteroatoms. The third kappa shape index (κ3) is 3.25. The normalized spacial score (nSPS) is 12.0. The number of benzene rings is 1. The van der Waals surface area contributed by atoms with E-state index in [0.29, 0.717) is 28.0 Å². The lowest BCUT2D eigenvalue weighted by atomic mass is 10.0. The SMILES string of the molecule is COc1cc2oc(=O)ccc2c(OC)c1C=CC(C)(C)O. The first kappa shape index (κ1) is 15.1. The highest BCUT2D eigenvalue weighted by Gasteiger charge is 2.16. The van der Waals surface area contributed by atoms with Gasteiger partial charge in [0.1, 0.15) is 17.1 Å². The van der Waals surface area contributed by atoms with Crippen molar-refractivity contribution in [2.45, 2.75) is 19.4 Å². The Morgan fingerprint density at radius 1 is 1.24 bits per heavy atom. The molecule has 0 atom stereocenters. The molecule has 1 heterocycles. The summed E-state index contributed by atoms with van der Waals surface area (Å²) < 4.78 is 15.9. The minimum absolute atomic E-state index is 0.386. The number of ether oxygens (including phenoxy) is 2. The molecule has 0 fully saturated rings. The zero-order valence-electron chi connectivity index (χ0n) is 12.5. The fourth-order valence-corrected chi connectivity index (χ4v) is 2.01. The van der Waals surface area contributed by atoms with E-state index in [1.54, 1.807) is 38.1 Å². The van der Waals surface area contributed by atoms with Gasteiger partial charge in [-0.3, -0.25) is 0 Å². The van der Waals surface area contributed by atoms with Gasteiger partial charge in [-0.25, -0.2) is 4.79 Å². The fourth-order valence-electron chi connectivity index (χ4n) is 2.01. The summed E-state index contributed by atoms with van der Waals surface area (Å²) in [5, 5.41) is 10.5. The van der Waals surface area contributed by atoms with E-state index in [9.17, 15) is 9.90 Å². The van der Waals surface area contributed by atoms with Crippen molar-refractivity contribution < 1.29 is 19.0 Å². The van der Waals surface area contributed by atoms with Crippen molar-refractivity contribution in [1.29, 1.82) is 0 Å². The van der Waals surface area contributed by atoms with Gasteiger partial charge in [0.25, 0.3) is 0 Å². The number of fused-ring (bicyclic) bond motifs is 1. The molecule has 0 amide bonds. The molecule has 0 aliphatic rings. The van der Waals surface area contributed by atoms with E-state index in [-0.39, 0.29) is 0 Å². The van der Waals surface area contributed by atoms with Crippen LogP contribution in [0.4, 0.5) is 0 Å². The van der Waals surface area contributed by atoms with Crippen molar-refractivity contribution in [3.63, 3.8) is 0 Å². The van der Waals surface area contributed by atoms with Gasteiger partial charge >= 0.3 is 5.63 Å². The molecule has 0 saturated heterocycles. The Bertz CT molecular complexity index is 735. The van der Waals surface area contributed by atoms with Crippen molar-refractivity contribution in [2.24, 2.45) is 0 Å². The zero-order chi connectivity index (χ0) is 15.6. The summed E-state index contributed by atoms with van der Waals surface area (Å²) >= 11 is 0. The molecule has 2 aromatic rings. The second-order valence-corrected chi connectivity index (χ2v) is 5.18. The van der Waals surface area contributed by atoms with E-state index < -0.39 is 11.2 Å². The van der Waals surface area contributed by atoms with E-state index in [1.807, 2.05) is 0 Å². The Kier molecular flexibility index (Phi) is 4.04. The Morgan fingerprint density at radius 3 is 2.52 bits per heavy atom. The molecule has 0 spiro atoms. The molecule has 0 unspecified atom stereocenters. The van der Waals surface area contributed by atoms with Crippen LogP contribution < -0.4 is 15.1 Å². The Labute approximate surface area is 122 Å². The smallest absolute Gasteiger partial charge is 0.336 e. The number of aliphatic hydroxyl groups is 1. The van der Waals surface area contributed by atoms with Crippen LogP contribution in [-0.4, -0.2) is 24.9 Å². The Balaban J connectivity index is 2.76. The highest BCUT2D eigenvalue weighted by atomic mass is 16.5. The van der Waals surface area contributed by atoms with Gasteiger partial charge in [-0.1, -0.05) is 6.08 Å². The van der Waals surface area contributed by atoms with Crippen molar-refractivity contribution in [2.75, 3.05) is 14.2 Å². The van der Waals surface area contributed by atoms with Crippen LogP contribution in [0.15, 0.2) is 33.5 Å². The van der Waals surface area contributed by atoms with Gasteiger partial charge in [-0.05, 0) is 26.0 Å². The average Bonchev–Trinajstić information content (AvgIpc) is 2.42. The minimum atomic E-state index is -0.964. The van der Waals surface area contributed by atoms with E-state index in [1.165, 1.54) is 20.3 Å². The minimum Gasteiger partial charge on any atom is -0.496 e. The first-order valence-corrected chi connectivity index (χ1v) is 6.46. The van der Waals surface area contributed by atoms with Crippen LogP contribution in [-0.2, 0) is 0 Å². The highest BCUT2D eigenvalue weighted by Crippen LogP contribution is 2.37. The summed E-state index contributed by atoms with van der Waals surface area (Å²) in [6.45, 7) is 3.34. The standard InChI is InChI=1S/C16H18O5/c1-16(2,18)8-7-11-12(19-3)9-13-10(15(11)20-4)5-6-14(17)21-13/h5-9,18H,1-4H3. The molecule has 0 aliphatic carbocycles. The first-order valence-electron chi connectivity index (χ1n) is 6.46. The van der Waals surface area contributed by atoms with Crippen LogP contribution >= 0.6 is 0 Å². The van der Waals surface area contributed by atoms with Gasteiger partial charge in [-0.2, -0.15) is 0 Å². The number of hydrogen-bond acceptors (Lipinski definition) is 5. The van der Waals surface area contributed by atoms with Crippen molar-refractivity contribution in [3.05, 3.63) is 40.3 Å². The molecule has 1 N–H and O–H groups in total. The van der Waals surface area contributed by atoms with Crippen LogP contribution in [0.25, 0.3) is 17.0 Å². The maximum atomic E-state index is 11.3. The molecule has 0 saturated carbocycles. The van der Waals surface area contributed by atoms with Crippen LogP contribution in [0, 0.1) is 0 Å². The predicted molar refractivity (Wildman–Crippen MR) is 80.9 cm³/mol. The lowest BCUT2D eigenvalue weighted by Crippen LogP contribution is -2.13.